The van der Waals surface area contributed by atoms with Crippen molar-refractivity contribution in [1.82, 2.24) is 0 Å². The lowest BCUT2D eigenvalue weighted by Gasteiger charge is -2.14. The average molecular weight is 511 g/mol. The second-order valence-corrected chi connectivity index (χ2v) is 9.51. The Morgan fingerprint density at radius 1 is 1.00 bits per heavy atom. The summed E-state index contributed by atoms with van der Waals surface area (Å²) < 4.78 is 0. The minimum atomic E-state index is -1.06. The fraction of sp³-hybridized carbons (Fsp3) is 0.107. The van der Waals surface area contributed by atoms with Gasteiger partial charge in [0.25, 0.3) is 5.91 Å². The van der Waals surface area contributed by atoms with Crippen LogP contribution in [0.2, 0.25) is 0 Å². The Labute approximate surface area is 216 Å². The molecule has 0 fully saturated rings. The summed E-state index contributed by atoms with van der Waals surface area (Å²) in [6.07, 6.45) is 0. The van der Waals surface area contributed by atoms with E-state index >= 15 is 0 Å². The van der Waals surface area contributed by atoms with Crippen molar-refractivity contribution in [3.8, 4) is 16.9 Å². The number of azo groups is 1. The number of aryl methyl sites for hydroxylation is 2. The van der Waals surface area contributed by atoms with Gasteiger partial charge in [0.15, 0.2) is 11.8 Å². The van der Waals surface area contributed by atoms with Gasteiger partial charge in [0, 0.05) is 5.56 Å². The van der Waals surface area contributed by atoms with E-state index in [-0.39, 0.29) is 22.9 Å². The van der Waals surface area contributed by atoms with Gasteiger partial charge in [0.05, 0.1) is 16.1 Å². The number of hydrazone groups is 1. The number of phenolic OH excluding ortho intramolecular Hbond substituents is 1. The second kappa shape index (κ2) is 9.79. The van der Waals surface area contributed by atoms with E-state index in [1.54, 1.807) is 30.3 Å². The molecule has 9 heteroatoms. The molecule has 1 atom stereocenters. The van der Waals surface area contributed by atoms with Crippen LogP contribution in [-0.4, -0.2) is 33.8 Å². The Morgan fingerprint density at radius 3 is 2.54 bits per heavy atom. The van der Waals surface area contributed by atoms with Gasteiger partial charge in [-0.15, -0.1) is 11.3 Å². The van der Waals surface area contributed by atoms with Crippen molar-refractivity contribution in [2.75, 3.05) is 5.01 Å². The molecule has 3 aromatic carbocycles. The molecule has 2 heterocycles. The number of carbonyl (C=O) groups is 2. The van der Waals surface area contributed by atoms with Crippen LogP contribution in [0, 0.1) is 13.8 Å². The molecule has 0 bridgehead atoms. The van der Waals surface area contributed by atoms with Crippen molar-refractivity contribution in [3.05, 3.63) is 99.7 Å². The molecule has 2 N–H and O–H groups in total. The monoisotopic (exact) mass is 510 g/mol. The molecular formula is C28H22N4O4S. The Hall–Kier alpha value is -4.63. The van der Waals surface area contributed by atoms with Gasteiger partial charge in [-0.3, -0.25) is 4.79 Å². The van der Waals surface area contributed by atoms with Gasteiger partial charge in [-0.1, -0.05) is 36.4 Å². The normalized spacial score (nSPS) is 15.4. The molecule has 0 saturated carbocycles. The lowest BCUT2D eigenvalue weighted by molar-refractivity contribution is -0.117. The highest BCUT2D eigenvalue weighted by molar-refractivity contribution is 7.12. The SMILES string of the molecule is Cc1ccc(N2N=C(c3cccs3)C(N=Nc3cccc(-c4cccc(C(=O)O)c4)c3O)C2=O)cc1C. The molecule has 1 aromatic heterocycles. The number of thiophene rings is 1. The largest absolute Gasteiger partial charge is 0.505 e. The zero-order valence-electron chi connectivity index (χ0n) is 20.0. The number of nitrogens with zero attached hydrogens (tertiary/aromatic N) is 4. The first-order valence-corrected chi connectivity index (χ1v) is 12.3. The number of anilines is 1. The first-order valence-electron chi connectivity index (χ1n) is 11.4. The predicted molar refractivity (Wildman–Crippen MR) is 143 cm³/mol. The maximum atomic E-state index is 13.4. The van der Waals surface area contributed by atoms with Crippen LogP contribution in [0.25, 0.3) is 11.1 Å². The summed E-state index contributed by atoms with van der Waals surface area (Å²) in [5.41, 5.74) is 4.45. The van der Waals surface area contributed by atoms with Gasteiger partial charge in [0.1, 0.15) is 11.4 Å². The Balaban J connectivity index is 1.50. The van der Waals surface area contributed by atoms with Gasteiger partial charge in [-0.2, -0.15) is 20.3 Å². The maximum Gasteiger partial charge on any atom is 0.335 e. The second-order valence-electron chi connectivity index (χ2n) is 8.56. The lowest BCUT2D eigenvalue weighted by atomic mass is 10.0. The molecule has 37 heavy (non-hydrogen) atoms. The molecule has 0 radical (unpaired) electrons. The summed E-state index contributed by atoms with van der Waals surface area (Å²) in [6, 6.07) is 19.6. The molecule has 0 saturated heterocycles. The number of carboxylic acids is 1. The zero-order valence-corrected chi connectivity index (χ0v) is 20.8. The number of carbonyl (C=O) groups excluding carboxylic acids is 1. The highest BCUT2D eigenvalue weighted by atomic mass is 32.1. The van der Waals surface area contributed by atoms with Gasteiger partial charge in [-0.05, 0) is 72.3 Å². The standard InChI is InChI=1S/C28H22N4O4S/c1-16-11-12-20(14-17(16)2)32-27(34)25(24(31-32)23-10-5-13-37-23)30-29-22-9-4-8-21(26(22)33)18-6-3-7-19(15-18)28(35)36/h3-15,25,33H,1-2H3,(H,35,36). The van der Waals surface area contributed by atoms with Crippen LogP contribution >= 0.6 is 11.3 Å². The summed E-state index contributed by atoms with van der Waals surface area (Å²) in [5.74, 6) is -1.58. The lowest BCUT2D eigenvalue weighted by Crippen LogP contribution is -2.30. The number of hydrogen-bond donors (Lipinski definition) is 2. The summed E-state index contributed by atoms with van der Waals surface area (Å²) >= 11 is 1.45. The highest BCUT2D eigenvalue weighted by Crippen LogP contribution is 2.38. The van der Waals surface area contributed by atoms with E-state index in [0.717, 1.165) is 16.0 Å². The molecule has 8 nitrogen and oxygen atoms in total. The smallest absolute Gasteiger partial charge is 0.335 e. The van der Waals surface area contributed by atoms with E-state index in [0.29, 0.717) is 22.5 Å². The number of amides is 1. The van der Waals surface area contributed by atoms with Gasteiger partial charge in [-0.25, -0.2) is 4.79 Å². The summed E-state index contributed by atoms with van der Waals surface area (Å²) in [7, 11) is 0. The van der Waals surface area contributed by atoms with Crippen molar-refractivity contribution in [1.29, 1.82) is 0 Å². The molecule has 1 amide bonds. The van der Waals surface area contributed by atoms with E-state index in [4.69, 9.17) is 0 Å². The number of aromatic carboxylic acids is 1. The van der Waals surface area contributed by atoms with Crippen molar-refractivity contribution < 1.29 is 19.8 Å². The van der Waals surface area contributed by atoms with Crippen LogP contribution in [0.3, 0.4) is 0 Å². The van der Waals surface area contributed by atoms with Crippen molar-refractivity contribution in [2.24, 2.45) is 15.3 Å². The molecule has 0 aliphatic carbocycles. The topological polar surface area (TPSA) is 115 Å². The van der Waals surface area contributed by atoms with E-state index in [2.05, 4.69) is 15.3 Å². The number of carboxylic acid groups (broad SMARTS) is 1. The summed E-state index contributed by atoms with van der Waals surface area (Å²) in [6.45, 7) is 3.98. The molecule has 1 aliphatic heterocycles. The number of rotatable bonds is 6. The van der Waals surface area contributed by atoms with Crippen LogP contribution in [0.5, 0.6) is 5.75 Å². The predicted octanol–water partition coefficient (Wildman–Crippen LogP) is 6.34. The van der Waals surface area contributed by atoms with E-state index in [1.807, 2.05) is 49.6 Å². The minimum absolute atomic E-state index is 0.101. The van der Waals surface area contributed by atoms with E-state index < -0.39 is 12.0 Å². The third kappa shape index (κ3) is 4.64. The summed E-state index contributed by atoms with van der Waals surface area (Å²) in [4.78, 5) is 25.6. The quantitative estimate of drug-likeness (QED) is 0.295. The minimum Gasteiger partial charge on any atom is -0.505 e. The number of aromatic hydroxyl groups is 1. The van der Waals surface area contributed by atoms with Gasteiger partial charge in [0.2, 0.25) is 0 Å². The molecular weight excluding hydrogens is 488 g/mol. The van der Waals surface area contributed by atoms with Gasteiger partial charge < -0.3 is 10.2 Å². The van der Waals surface area contributed by atoms with Gasteiger partial charge >= 0.3 is 5.97 Å². The van der Waals surface area contributed by atoms with Crippen molar-refractivity contribution in [2.45, 2.75) is 19.9 Å². The first-order chi connectivity index (χ1) is 17.8. The average Bonchev–Trinajstić information content (AvgIpc) is 3.53. The molecule has 1 unspecified atom stereocenters. The fourth-order valence-corrected chi connectivity index (χ4v) is 4.72. The van der Waals surface area contributed by atoms with Crippen molar-refractivity contribution in [3.63, 3.8) is 0 Å². The van der Waals surface area contributed by atoms with Crippen LogP contribution in [0.1, 0.15) is 26.4 Å². The number of hydrogen-bond acceptors (Lipinski definition) is 7. The van der Waals surface area contributed by atoms with Crippen LogP contribution in [0.4, 0.5) is 11.4 Å². The molecule has 4 aromatic rings. The Morgan fingerprint density at radius 2 is 1.81 bits per heavy atom. The highest BCUT2D eigenvalue weighted by Gasteiger charge is 2.38. The zero-order chi connectivity index (χ0) is 26.1. The number of benzene rings is 3. The Kier molecular flexibility index (Phi) is 6.37. The molecule has 5 rings (SSSR count). The van der Waals surface area contributed by atoms with E-state index in [9.17, 15) is 19.8 Å². The van der Waals surface area contributed by atoms with Crippen LogP contribution in [0.15, 0.2) is 93.5 Å². The van der Waals surface area contributed by atoms with E-state index in [1.165, 1.54) is 28.5 Å². The maximum absolute atomic E-state index is 13.4. The number of phenols is 1. The van der Waals surface area contributed by atoms with Crippen molar-refractivity contribution >= 4 is 40.3 Å². The molecule has 0 spiro atoms. The Bertz CT molecular complexity index is 1580. The third-order valence-corrected chi connectivity index (χ3v) is 7.03. The van der Waals surface area contributed by atoms with Crippen LogP contribution in [-0.2, 0) is 4.79 Å². The fourth-order valence-electron chi connectivity index (χ4n) is 3.98. The molecule has 184 valence electrons. The van der Waals surface area contributed by atoms with Crippen LogP contribution < -0.4 is 5.01 Å². The third-order valence-electron chi connectivity index (χ3n) is 6.13. The first kappa shape index (κ1) is 24.1. The molecule has 1 aliphatic rings. The summed E-state index contributed by atoms with van der Waals surface area (Å²) in [5, 5.41) is 36.6. The number of para-hydroxylation sites is 1.